The third-order valence-electron chi connectivity index (χ3n) is 4.54. The highest BCUT2D eigenvalue weighted by molar-refractivity contribution is 7.90. The number of benzene rings is 1. The number of carbonyl (C=O) groups is 1. The second kappa shape index (κ2) is 6.36. The van der Waals surface area contributed by atoms with Gasteiger partial charge in [-0.1, -0.05) is 24.3 Å². The zero-order valence-electron chi connectivity index (χ0n) is 13.5. The first-order valence-electron chi connectivity index (χ1n) is 7.96. The number of rotatable bonds is 5. The van der Waals surface area contributed by atoms with Crippen molar-refractivity contribution in [3.05, 3.63) is 64.5 Å². The van der Waals surface area contributed by atoms with Gasteiger partial charge in [0.2, 0.25) is 0 Å². The summed E-state index contributed by atoms with van der Waals surface area (Å²) in [6.07, 6.45) is 3.21. The number of carbonyl (C=O) groups excluding carboxylic acids is 1. The van der Waals surface area contributed by atoms with Crippen LogP contribution in [-0.4, -0.2) is 19.3 Å². The minimum Gasteiger partial charge on any atom is -0.364 e. The van der Waals surface area contributed by atoms with Crippen LogP contribution in [0.2, 0.25) is 0 Å². The van der Waals surface area contributed by atoms with Crippen molar-refractivity contribution < 1.29 is 13.2 Å². The van der Waals surface area contributed by atoms with Crippen LogP contribution in [0.1, 0.15) is 51.5 Å². The van der Waals surface area contributed by atoms with Gasteiger partial charge in [-0.05, 0) is 55.0 Å². The van der Waals surface area contributed by atoms with Crippen LogP contribution in [0.15, 0.2) is 36.4 Å². The smallest absolute Gasteiger partial charge is 0.267 e. The highest BCUT2D eigenvalue weighted by Crippen LogP contribution is 2.30. The Balaban J connectivity index is 1.84. The van der Waals surface area contributed by atoms with Crippen LogP contribution in [0, 0.1) is 0 Å². The largest absolute Gasteiger partial charge is 0.364 e. The first kappa shape index (κ1) is 16.6. The highest BCUT2D eigenvalue weighted by atomic mass is 32.2. The predicted octanol–water partition coefficient (Wildman–Crippen LogP) is 2.35. The summed E-state index contributed by atoms with van der Waals surface area (Å²) in [4.78, 5) is 15.2. The molecule has 24 heavy (non-hydrogen) atoms. The molecule has 1 amide bonds. The lowest BCUT2D eigenvalue weighted by Crippen LogP contribution is -2.17. The Labute approximate surface area is 141 Å². The van der Waals surface area contributed by atoms with Gasteiger partial charge in [0.15, 0.2) is 9.84 Å². The Morgan fingerprint density at radius 1 is 1.21 bits per heavy atom. The van der Waals surface area contributed by atoms with Gasteiger partial charge in [0.05, 0.1) is 16.7 Å². The number of aromatic nitrogens is 1. The van der Waals surface area contributed by atoms with E-state index in [4.69, 9.17) is 5.73 Å². The molecule has 2 aromatic rings. The van der Waals surface area contributed by atoms with Gasteiger partial charge in [0, 0.05) is 0 Å². The fraction of sp³-hybridized carbons (Fsp3) is 0.333. The monoisotopic (exact) mass is 344 g/mol. The van der Waals surface area contributed by atoms with Crippen molar-refractivity contribution in [3.8, 4) is 0 Å². The lowest BCUT2D eigenvalue weighted by atomic mass is 10.0. The minimum absolute atomic E-state index is 0.0767. The molecular formula is C18H20N2O3S. The van der Waals surface area contributed by atoms with E-state index in [1.807, 2.05) is 18.2 Å². The lowest BCUT2D eigenvalue weighted by Gasteiger charge is -2.15. The molecule has 0 saturated carbocycles. The molecule has 0 spiro atoms. The summed E-state index contributed by atoms with van der Waals surface area (Å²) in [6, 6.07) is 10.6. The van der Waals surface area contributed by atoms with E-state index in [9.17, 15) is 13.2 Å². The summed E-state index contributed by atoms with van der Waals surface area (Å²) >= 11 is 0. The van der Waals surface area contributed by atoms with E-state index in [1.165, 1.54) is 17.2 Å². The summed E-state index contributed by atoms with van der Waals surface area (Å²) in [7, 11) is -3.44. The number of nitrogens with zero attached hydrogens (tertiary/aromatic N) is 1. The summed E-state index contributed by atoms with van der Waals surface area (Å²) in [5.74, 6) is -0.882. The molecule has 1 aromatic heterocycles. The van der Waals surface area contributed by atoms with Crippen LogP contribution in [0.5, 0.6) is 0 Å². The number of hydrogen-bond acceptors (Lipinski definition) is 4. The van der Waals surface area contributed by atoms with E-state index in [1.54, 1.807) is 19.1 Å². The Morgan fingerprint density at radius 2 is 1.96 bits per heavy atom. The molecular weight excluding hydrogens is 324 g/mol. The second-order valence-electron chi connectivity index (χ2n) is 6.21. The number of hydrogen-bond donors (Lipinski definition) is 1. The molecule has 1 atom stereocenters. The zero-order chi connectivity index (χ0) is 17.3. The van der Waals surface area contributed by atoms with Crippen LogP contribution in [0.3, 0.4) is 0 Å². The van der Waals surface area contributed by atoms with Gasteiger partial charge < -0.3 is 5.73 Å². The Morgan fingerprint density at radius 3 is 2.71 bits per heavy atom. The maximum Gasteiger partial charge on any atom is 0.267 e. The van der Waals surface area contributed by atoms with E-state index in [2.05, 4.69) is 4.98 Å². The lowest BCUT2D eigenvalue weighted by molar-refractivity contribution is 0.0995. The minimum atomic E-state index is -3.44. The molecule has 2 N–H and O–H groups in total. The molecule has 0 saturated heterocycles. The average Bonchev–Trinajstić information content (AvgIpc) is 3.01. The van der Waals surface area contributed by atoms with Gasteiger partial charge in [-0.25, -0.2) is 13.4 Å². The molecule has 3 rings (SSSR count). The third kappa shape index (κ3) is 3.33. The van der Waals surface area contributed by atoms with E-state index in [0.717, 1.165) is 24.8 Å². The Hall–Kier alpha value is -2.21. The van der Waals surface area contributed by atoms with Crippen LogP contribution < -0.4 is 5.73 Å². The standard InChI is InChI=1S/C18H20N2O3S/c1-12(14-9-8-13-4-2-5-15(13)10-14)24(22,23)11-16-6-3-7-17(20-16)18(19)21/h3,6-10,12H,2,4-5,11H2,1H3,(H2,19,21)/t12-/m0/s1. The van der Waals surface area contributed by atoms with Crippen LogP contribution >= 0.6 is 0 Å². The Kier molecular flexibility index (Phi) is 4.41. The molecule has 1 aliphatic carbocycles. The third-order valence-corrected chi connectivity index (χ3v) is 6.59. The highest BCUT2D eigenvalue weighted by Gasteiger charge is 2.25. The normalized spacial score (nSPS) is 15.0. The van der Waals surface area contributed by atoms with E-state index in [0.29, 0.717) is 5.69 Å². The number of fused-ring (bicyclic) bond motifs is 1. The van der Waals surface area contributed by atoms with Gasteiger partial charge >= 0.3 is 0 Å². The molecule has 6 heteroatoms. The summed E-state index contributed by atoms with van der Waals surface area (Å²) in [5, 5.41) is -0.623. The van der Waals surface area contributed by atoms with Crippen LogP contribution in [0.25, 0.3) is 0 Å². The first-order valence-corrected chi connectivity index (χ1v) is 9.67. The Bertz CT molecular complexity index is 891. The average molecular weight is 344 g/mol. The van der Waals surface area contributed by atoms with E-state index < -0.39 is 21.0 Å². The number of aryl methyl sites for hydroxylation is 2. The predicted molar refractivity (Wildman–Crippen MR) is 92.3 cm³/mol. The van der Waals surface area contributed by atoms with Crippen molar-refractivity contribution in [1.82, 2.24) is 4.98 Å². The molecule has 0 radical (unpaired) electrons. The van der Waals surface area contributed by atoms with Crippen LogP contribution in [0.4, 0.5) is 0 Å². The zero-order valence-corrected chi connectivity index (χ0v) is 14.3. The number of amides is 1. The van der Waals surface area contributed by atoms with Crippen molar-refractivity contribution in [2.24, 2.45) is 5.73 Å². The molecule has 1 aliphatic rings. The number of primary amides is 1. The SMILES string of the molecule is C[C@@H](c1ccc2c(c1)CCC2)S(=O)(=O)Cc1cccc(C(N)=O)n1. The van der Waals surface area contributed by atoms with Crippen molar-refractivity contribution >= 4 is 15.7 Å². The second-order valence-corrected chi connectivity index (χ2v) is 8.53. The molecule has 0 aliphatic heterocycles. The number of nitrogens with two attached hydrogens (primary N) is 1. The fourth-order valence-corrected chi connectivity index (χ4v) is 4.46. The van der Waals surface area contributed by atoms with Gasteiger partial charge in [-0.3, -0.25) is 4.79 Å². The van der Waals surface area contributed by atoms with Gasteiger partial charge in [0.25, 0.3) is 5.91 Å². The van der Waals surface area contributed by atoms with E-state index in [-0.39, 0.29) is 11.4 Å². The molecule has 0 bridgehead atoms. The summed E-state index contributed by atoms with van der Waals surface area (Å²) < 4.78 is 25.5. The van der Waals surface area contributed by atoms with Crippen molar-refractivity contribution in [2.45, 2.75) is 37.2 Å². The quantitative estimate of drug-likeness (QED) is 0.901. The van der Waals surface area contributed by atoms with Crippen molar-refractivity contribution in [3.63, 3.8) is 0 Å². The van der Waals surface area contributed by atoms with Gasteiger partial charge in [0.1, 0.15) is 5.69 Å². The summed E-state index contributed by atoms with van der Waals surface area (Å²) in [6.45, 7) is 1.70. The topological polar surface area (TPSA) is 90.1 Å². The fourth-order valence-electron chi connectivity index (χ4n) is 3.08. The number of sulfone groups is 1. The maximum atomic E-state index is 12.7. The van der Waals surface area contributed by atoms with Crippen molar-refractivity contribution in [2.75, 3.05) is 0 Å². The number of pyridine rings is 1. The van der Waals surface area contributed by atoms with Crippen LogP contribution in [-0.2, 0) is 28.4 Å². The first-order chi connectivity index (χ1) is 11.4. The molecule has 1 aromatic carbocycles. The van der Waals surface area contributed by atoms with Gasteiger partial charge in [-0.2, -0.15) is 0 Å². The molecule has 5 nitrogen and oxygen atoms in total. The molecule has 0 unspecified atom stereocenters. The molecule has 0 fully saturated rings. The van der Waals surface area contributed by atoms with Crippen molar-refractivity contribution in [1.29, 1.82) is 0 Å². The molecule has 126 valence electrons. The van der Waals surface area contributed by atoms with Gasteiger partial charge in [-0.15, -0.1) is 0 Å². The summed E-state index contributed by atoms with van der Waals surface area (Å²) in [5.41, 5.74) is 8.99. The molecule has 1 heterocycles. The maximum absolute atomic E-state index is 12.7. The van der Waals surface area contributed by atoms with E-state index >= 15 is 0 Å².